The van der Waals surface area contributed by atoms with Crippen LogP contribution in [-0.4, -0.2) is 27.5 Å². The standard InChI is InChI=1S/C14H33NOSi/c1-8-16-17(13(4)5,14(6)7)11-9-10-15-12(2)3/h12-15H,8-11H2,1-7H3. The third-order valence-electron chi connectivity index (χ3n) is 3.66. The second-order valence-corrected chi connectivity index (χ2v) is 10.9. The summed E-state index contributed by atoms with van der Waals surface area (Å²) in [7, 11) is -1.56. The summed E-state index contributed by atoms with van der Waals surface area (Å²) in [5, 5.41) is 3.50. The molecule has 0 aliphatic carbocycles. The largest absolute Gasteiger partial charge is 0.417 e. The summed E-state index contributed by atoms with van der Waals surface area (Å²) in [6, 6.07) is 1.88. The van der Waals surface area contributed by atoms with E-state index in [1.54, 1.807) is 0 Å². The molecule has 3 heteroatoms. The van der Waals surface area contributed by atoms with E-state index in [1.807, 2.05) is 0 Å². The maximum atomic E-state index is 6.27. The molecule has 0 saturated carbocycles. The number of nitrogens with one attached hydrogen (secondary N) is 1. The van der Waals surface area contributed by atoms with Gasteiger partial charge in [0.05, 0.1) is 0 Å². The van der Waals surface area contributed by atoms with Crippen LogP contribution in [0.2, 0.25) is 17.1 Å². The lowest BCUT2D eigenvalue weighted by Gasteiger charge is -2.38. The fourth-order valence-corrected chi connectivity index (χ4v) is 7.24. The minimum absolute atomic E-state index is 0.594. The van der Waals surface area contributed by atoms with Crippen LogP contribution in [0.25, 0.3) is 0 Å². The maximum Gasteiger partial charge on any atom is 0.197 e. The molecule has 0 bridgehead atoms. The fourth-order valence-electron chi connectivity index (χ4n) is 2.67. The van der Waals surface area contributed by atoms with Gasteiger partial charge in [0.2, 0.25) is 0 Å². The minimum Gasteiger partial charge on any atom is -0.417 e. The van der Waals surface area contributed by atoms with Gasteiger partial charge >= 0.3 is 0 Å². The zero-order valence-corrected chi connectivity index (χ0v) is 14.0. The van der Waals surface area contributed by atoms with E-state index in [4.69, 9.17) is 4.43 Å². The molecule has 0 atom stereocenters. The molecule has 104 valence electrons. The lowest BCUT2D eigenvalue weighted by molar-refractivity contribution is 0.302. The summed E-state index contributed by atoms with van der Waals surface area (Å²) >= 11 is 0. The molecular formula is C14H33NOSi. The van der Waals surface area contributed by atoms with Crippen molar-refractivity contribution in [1.29, 1.82) is 0 Å². The van der Waals surface area contributed by atoms with E-state index in [0.717, 1.165) is 13.2 Å². The van der Waals surface area contributed by atoms with Gasteiger partial charge in [-0.3, -0.25) is 0 Å². The topological polar surface area (TPSA) is 21.3 Å². The van der Waals surface area contributed by atoms with E-state index in [2.05, 4.69) is 53.8 Å². The Hall–Kier alpha value is 0.137. The normalized spacial score (nSPS) is 13.1. The summed E-state index contributed by atoms with van der Waals surface area (Å²) < 4.78 is 6.27. The molecule has 2 nitrogen and oxygen atoms in total. The molecule has 0 rings (SSSR count). The van der Waals surface area contributed by atoms with Crippen LogP contribution >= 0.6 is 0 Å². The summed E-state index contributed by atoms with van der Waals surface area (Å²) in [6.07, 6.45) is 1.25. The van der Waals surface area contributed by atoms with Gasteiger partial charge in [0, 0.05) is 12.6 Å². The zero-order valence-electron chi connectivity index (χ0n) is 13.0. The Balaban J connectivity index is 4.36. The van der Waals surface area contributed by atoms with Crippen molar-refractivity contribution in [2.75, 3.05) is 13.2 Å². The monoisotopic (exact) mass is 259 g/mol. The molecule has 0 amide bonds. The molecule has 0 aromatic rings. The Morgan fingerprint density at radius 3 is 1.88 bits per heavy atom. The van der Waals surface area contributed by atoms with Crippen LogP contribution in [0, 0.1) is 0 Å². The van der Waals surface area contributed by atoms with Crippen LogP contribution in [0.1, 0.15) is 54.9 Å². The maximum absolute atomic E-state index is 6.27. The van der Waals surface area contributed by atoms with Crippen molar-refractivity contribution in [3.05, 3.63) is 0 Å². The first-order valence-electron chi connectivity index (χ1n) is 7.24. The number of hydrogen-bond donors (Lipinski definition) is 1. The summed E-state index contributed by atoms with van der Waals surface area (Å²) in [4.78, 5) is 0. The highest BCUT2D eigenvalue weighted by Gasteiger charge is 2.40. The highest BCUT2D eigenvalue weighted by atomic mass is 28.4. The molecule has 0 spiro atoms. The molecule has 0 aromatic heterocycles. The molecule has 0 heterocycles. The van der Waals surface area contributed by atoms with E-state index in [1.165, 1.54) is 12.5 Å². The van der Waals surface area contributed by atoms with Crippen LogP contribution in [0.4, 0.5) is 0 Å². The van der Waals surface area contributed by atoms with Crippen LogP contribution in [0.15, 0.2) is 0 Å². The third-order valence-corrected chi connectivity index (χ3v) is 9.53. The Morgan fingerprint density at radius 2 is 1.53 bits per heavy atom. The van der Waals surface area contributed by atoms with Crippen LogP contribution in [-0.2, 0) is 4.43 Å². The summed E-state index contributed by atoms with van der Waals surface area (Å²) in [6.45, 7) is 17.9. The van der Waals surface area contributed by atoms with Gasteiger partial charge in [-0.05, 0) is 37.0 Å². The second kappa shape index (κ2) is 8.28. The van der Waals surface area contributed by atoms with Gasteiger partial charge in [-0.15, -0.1) is 0 Å². The lowest BCUT2D eigenvalue weighted by atomic mass is 10.4. The van der Waals surface area contributed by atoms with E-state index < -0.39 is 8.32 Å². The van der Waals surface area contributed by atoms with Crippen molar-refractivity contribution >= 4 is 8.32 Å². The first kappa shape index (κ1) is 17.1. The minimum atomic E-state index is -1.56. The van der Waals surface area contributed by atoms with Crippen molar-refractivity contribution in [2.45, 2.75) is 78.1 Å². The Kier molecular flexibility index (Phi) is 8.34. The summed E-state index contributed by atoms with van der Waals surface area (Å²) in [5.41, 5.74) is 1.42. The first-order chi connectivity index (χ1) is 7.86. The molecular weight excluding hydrogens is 226 g/mol. The molecule has 0 saturated heterocycles. The fraction of sp³-hybridized carbons (Fsp3) is 1.00. The van der Waals surface area contributed by atoms with Gasteiger partial charge < -0.3 is 9.74 Å². The predicted molar refractivity (Wildman–Crippen MR) is 80.1 cm³/mol. The third kappa shape index (κ3) is 5.54. The van der Waals surface area contributed by atoms with Crippen molar-refractivity contribution in [3.8, 4) is 0 Å². The van der Waals surface area contributed by atoms with Gasteiger partial charge in [-0.1, -0.05) is 41.5 Å². The molecule has 0 unspecified atom stereocenters. The van der Waals surface area contributed by atoms with Crippen molar-refractivity contribution < 1.29 is 4.43 Å². The van der Waals surface area contributed by atoms with Gasteiger partial charge in [-0.25, -0.2) is 0 Å². The molecule has 0 aliphatic rings. The molecule has 0 aliphatic heterocycles. The highest BCUT2D eigenvalue weighted by Crippen LogP contribution is 2.37. The predicted octanol–water partition coefficient (Wildman–Crippen LogP) is 4.18. The van der Waals surface area contributed by atoms with Crippen molar-refractivity contribution in [3.63, 3.8) is 0 Å². The molecule has 0 radical (unpaired) electrons. The zero-order chi connectivity index (χ0) is 13.5. The van der Waals surface area contributed by atoms with Crippen LogP contribution in [0.5, 0.6) is 0 Å². The molecule has 0 aromatic carbocycles. The Morgan fingerprint density at radius 1 is 1.00 bits per heavy atom. The van der Waals surface area contributed by atoms with E-state index in [-0.39, 0.29) is 0 Å². The van der Waals surface area contributed by atoms with E-state index in [9.17, 15) is 0 Å². The van der Waals surface area contributed by atoms with E-state index in [0.29, 0.717) is 17.1 Å². The highest BCUT2D eigenvalue weighted by molar-refractivity contribution is 6.76. The first-order valence-corrected chi connectivity index (χ1v) is 9.51. The van der Waals surface area contributed by atoms with Gasteiger partial charge in [0.15, 0.2) is 8.32 Å². The summed E-state index contributed by atoms with van der Waals surface area (Å²) in [5.74, 6) is 0. The quantitative estimate of drug-likeness (QED) is 0.495. The van der Waals surface area contributed by atoms with E-state index >= 15 is 0 Å². The SMILES string of the molecule is CCO[Si](CCCNC(C)C)(C(C)C)C(C)C. The Labute approximate surface area is 110 Å². The number of hydrogen-bond acceptors (Lipinski definition) is 2. The Bertz CT molecular complexity index is 185. The lowest BCUT2D eigenvalue weighted by Crippen LogP contribution is -2.45. The van der Waals surface area contributed by atoms with Crippen molar-refractivity contribution in [1.82, 2.24) is 5.32 Å². The van der Waals surface area contributed by atoms with Gasteiger partial charge in [0.25, 0.3) is 0 Å². The smallest absolute Gasteiger partial charge is 0.197 e. The molecule has 0 fully saturated rings. The molecule has 1 N–H and O–H groups in total. The molecule has 17 heavy (non-hydrogen) atoms. The van der Waals surface area contributed by atoms with Gasteiger partial charge in [0.1, 0.15) is 0 Å². The van der Waals surface area contributed by atoms with Crippen LogP contribution in [0.3, 0.4) is 0 Å². The average Bonchev–Trinajstić information content (AvgIpc) is 2.21. The number of rotatable bonds is 9. The second-order valence-electron chi connectivity index (χ2n) is 5.91. The van der Waals surface area contributed by atoms with Gasteiger partial charge in [-0.2, -0.15) is 0 Å². The average molecular weight is 260 g/mol. The van der Waals surface area contributed by atoms with Crippen molar-refractivity contribution in [2.24, 2.45) is 0 Å². The van der Waals surface area contributed by atoms with Crippen LogP contribution < -0.4 is 5.32 Å².